The lowest BCUT2D eigenvalue weighted by Crippen LogP contribution is -2.46. The molecular formula is C13H15F2N3O. The molecule has 6 heteroatoms. The lowest BCUT2D eigenvalue weighted by molar-refractivity contribution is -0.131. The van der Waals surface area contributed by atoms with Gasteiger partial charge < -0.3 is 10.2 Å². The zero-order valence-corrected chi connectivity index (χ0v) is 10.4. The lowest BCUT2D eigenvalue weighted by atomic mass is 10.1. The van der Waals surface area contributed by atoms with Crippen LogP contribution < -0.4 is 10.2 Å². The fourth-order valence-corrected chi connectivity index (χ4v) is 2.27. The number of hydrogen-bond donors (Lipinski definition) is 1. The smallest absolute Gasteiger partial charge is 0.259 e. The zero-order valence-electron chi connectivity index (χ0n) is 10.4. The summed E-state index contributed by atoms with van der Waals surface area (Å²) in [6.45, 7) is 0.299. The van der Waals surface area contributed by atoms with Gasteiger partial charge in [-0.15, -0.1) is 0 Å². The number of halogens is 2. The Bertz CT molecular complexity index is 506. The molecule has 0 spiro atoms. The first-order chi connectivity index (χ1) is 9.07. The molecule has 1 aliphatic heterocycles. The summed E-state index contributed by atoms with van der Waals surface area (Å²) in [5, 5.41) is 2.68. The normalized spacial score (nSPS) is 26.5. The van der Waals surface area contributed by atoms with Gasteiger partial charge in [-0.25, -0.2) is 9.37 Å². The number of anilines is 1. The monoisotopic (exact) mass is 267 g/mol. The number of carbonyl (C=O) groups excluding carboxylic acids is 1. The Hall–Kier alpha value is -1.72. The van der Waals surface area contributed by atoms with E-state index < -0.39 is 17.5 Å². The summed E-state index contributed by atoms with van der Waals surface area (Å²) in [7, 11) is 0. The van der Waals surface area contributed by atoms with E-state index in [0.717, 1.165) is 12.8 Å². The molecule has 0 radical (unpaired) electrons. The van der Waals surface area contributed by atoms with E-state index in [2.05, 4.69) is 10.3 Å². The van der Waals surface area contributed by atoms with E-state index in [4.69, 9.17) is 0 Å². The van der Waals surface area contributed by atoms with Crippen LogP contribution in [-0.4, -0.2) is 35.7 Å². The number of carbonyl (C=O) groups is 1. The summed E-state index contributed by atoms with van der Waals surface area (Å²) in [5.41, 5.74) is -1.89. The van der Waals surface area contributed by atoms with Crippen molar-refractivity contribution < 1.29 is 13.6 Å². The summed E-state index contributed by atoms with van der Waals surface area (Å²) in [6, 6.07) is 4.53. The number of nitrogens with one attached hydrogen (secondary N) is 1. The van der Waals surface area contributed by atoms with Crippen LogP contribution in [0.2, 0.25) is 0 Å². The van der Waals surface area contributed by atoms with Gasteiger partial charge >= 0.3 is 0 Å². The highest BCUT2D eigenvalue weighted by Crippen LogP contribution is 2.30. The van der Waals surface area contributed by atoms with Crippen molar-refractivity contribution >= 4 is 11.7 Å². The second kappa shape index (κ2) is 4.43. The minimum atomic E-state index is -1.89. The van der Waals surface area contributed by atoms with E-state index in [-0.39, 0.29) is 19.0 Å². The van der Waals surface area contributed by atoms with E-state index in [1.54, 1.807) is 11.0 Å². The van der Waals surface area contributed by atoms with Crippen LogP contribution in [0.15, 0.2) is 18.2 Å². The average Bonchev–Trinajstić information content (AvgIpc) is 3.10. The quantitative estimate of drug-likeness (QED) is 0.842. The molecule has 19 heavy (non-hydrogen) atoms. The molecule has 1 amide bonds. The summed E-state index contributed by atoms with van der Waals surface area (Å²) in [4.78, 5) is 17.2. The van der Waals surface area contributed by atoms with Gasteiger partial charge in [0, 0.05) is 19.0 Å². The molecule has 1 aliphatic carbocycles. The Balaban J connectivity index is 1.70. The van der Waals surface area contributed by atoms with Crippen LogP contribution in [0.25, 0.3) is 0 Å². The molecule has 1 aromatic heterocycles. The van der Waals surface area contributed by atoms with Gasteiger partial charge in [-0.1, -0.05) is 6.07 Å². The molecule has 1 saturated carbocycles. The average molecular weight is 267 g/mol. The minimum Gasteiger partial charge on any atom is -0.353 e. The molecule has 1 N–H and O–H groups in total. The standard InChI is InChI=1S/C13H15F2N3O/c14-10-2-1-3-11(17-10)18-7-6-13(15,8-18)12(19)16-9-4-5-9/h1-3,9H,4-8H2,(H,16,19). The molecular weight excluding hydrogens is 252 g/mol. The third-order valence-electron chi connectivity index (χ3n) is 3.56. The third-order valence-corrected chi connectivity index (χ3v) is 3.56. The van der Waals surface area contributed by atoms with Crippen molar-refractivity contribution in [2.24, 2.45) is 0 Å². The third kappa shape index (κ3) is 2.52. The van der Waals surface area contributed by atoms with Crippen molar-refractivity contribution in [3.8, 4) is 0 Å². The maximum atomic E-state index is 14.6. The molecule has 102 valence electrons. The van der Waals surface area contributed by atoms with Crippen molar-refractivity contribution in [2.75, 3.05) is 18.0 Å². The number of amides is 1. The number of aromatic nitrogens is 1. The number of alkyl halides is 1. The minimum absolute atomic E-state index is 0.0675. The van der Waals surface area contributed by atoms with E-state index in [1.807, 2.05) is 0 Å². The highest BCUT2D eigenvalue weighted by molar-refractivity contribution is 5.87. The number of nitrogens with zero attached hydrogens (tertiary/aromatic N) is 2. The Morgan fingerprint density at radius 2 is 2.26 bits per heavy atom. The van der Waals surface area contributed by atoms with E-state index >= 15 is 0 Å². The van der Waals surface area contributed by atoms with Crippen LogP contribution in [0.4, 0.5) is 14.6 Å². The SMILES string of the molecule is O=C(NC1CC1)C1(F)CCN(c2cccc(F)n2)C1. The van der Waals surface area contributed by atoms with Crippen LogP contribution in [-0.2, 0) is 4.79 Å². The molecule has 3 rings (SSSR count). The van der Waals surface area contributed by atoms with Gasteiger partial charge in [-0.05, 0) is 25.0 Å². The van der Waals surface area contributed by atoms with Crippen molar-refractivity contribution in [3.63, 3.8) is 0 Å². The first-order valence-electron chi connectivity index (χ1n) is 6.44. The molecule has 0 bridgehead atoms. The highest BCUT2D eigenvalue weighted by Gasteiger charge is 2.46. The summed E-state index contributed by atoms with van der Waals surface area (Å²) >= 11 is 0. The van der Waals surface area contributed by atoms with Crippen LogP contribution in [0.5, 0.6) is 0 Å². The highest BCUT2D eigenvalue weighted by atomic mass is 19.1. The molecule has 2 heterocycles. The second-order valence-electron chi connectivity index (χ2n) is 5.20. The van der Waals surface area contributed by atoms with Gasteiger partial charge in [-0.3, -0.25) is 4.79 Å². The van der Waals surface area contributed by atoms with E-state index in [1.165, 1.54) is 12.1 Å². The summed E-state index contributed by atoms with van der Waals surface area (Å²) in [6.07, 6.45) is 1.97. The Morgan fingerprint density at radius 1 is 1.47 bits per heavy atom. The maximum Gasteiger partial charge on any atom is 0.259 e. The van der Waals surface area contributed by atoms with Gasteiger partial charge in [0.1, 0.15) is 5.82 Å². The largest absolute Gasteiger partial charge is 0.353 e. The van der Waals surface area contributed by atoms with Gasteiger partial charge in [-0.2, -0.15) is 4.39 Å². The second-order valence-corrected chi connectivity index (χ2v) is 5.20. The molecule has 1 unspecified atom stereocenters. The first kappa shape index (κ1) is 12.3. The van der Waals surface area contributed by atoms with E-state index in [9.17, 15) is 13.6 Å². The zero-order chi connectivity index (χ0) is 13.5. The van der Waals surface area contributed by atoms with Crippen molar-refractivity contribution in [2.45, 2.75) is 31.0 Å². The Labute approximate surface area is 109 Å². The van der Waals surface area contributed by atoms with Crippen LogP contribution in [0.1, 0.15) is 19.3 Å². The van der Waals surface area contributed by atoms with Crippen LogP contribution >= 0.6 is 0 Å². The molecule has 4 nitrogen and oxygen atoms in total. The molecule has 2 fully saturated rings. The summed E-state index contributed by atoms with van der Waals surface area (Å²) in [5.74, 6) is -0.774. The number of hydrogen-bond acceptors (Lipinski definition) is 3. The van der Waals surface area contributed by atoms with Gasteiger partial charge in [0.25, 0.3) is 5.91 Å². The summed E-state index contributed by atoms with van der Waals surface area (Å²) < 4.78 is 27.6. The van der Waals surface area contributed by atoms with Gasteiger partial charge in [0.15, 0.2) is 0 Å². The fourth-order valence-electron chi connectivity index (χ4n) is 2.27. The molecule has 1 aromatic rings. The van der Waals surface area contributed by atoms with Crippen molar-refractivity contribution in [1.82, 2.24) is 10.3 Å². The molecule has 1 atom stereocenters. The predicted molar refractivity (Wildman–Crippen MR) is 66.0 cm³/mol. The first-order valence-corrected chi connectivity index (χ1v) is 6.44. The van der Waals surface area contributed by atoms with Crippen LogP contribution in [0, 0.1) is 5.95 Å². The van der Waals surface area contributed by atoms with Gasteiger partial charge in [0.2, 0.25) is 11.6 Å². The number of pyridine rings is 1. The van der Waals surface area contributed by atoms with Crippen molar-refractivity contribution in [3.05, 3.63) is 24.1 Å². The number of rotatable bonds is 3. The lowest BCUT2D eigenvalue weighted by Gasteiger charge is -2.20. The topological polar surface area (TPSA) is 45.2 Å². The fraction of sp³-hybridized carbons (Fsp3) is 0.538. The molecule has 1 saturated heterocycles. The Kier molecular flexibility index (Phi) is 2.88. The maximum absolute atomic E-state index is 14.6. The molecule has 2 aliphatic rings. The van der Waals surface area contributed by atoms with Gasteiger partial charge in [0.05, 0.1) is 6.54 Å². The molecule has 0 aromatic carbocycles. The van der Waals surface area contributed by atoms with Crippen LogP contribution in [0.3, 0.4) is 0 Å². The predicted octanol–water partition coefficient (Wildman–Crippen LogP) is 1.42. The van der Waals surface area contributed by atoms with Crippen molar-refractivity contribution in [1.29, 1.82) is 0 Å². The van der Waals surface area contributed by atoms with E-state index in [0.29, 0.717) is 12.4 Å². The Morgan fingerprint density at radius 3 is 2.95 bits per heavy atom.